The molecular formula is C15H19NO5S. The Bertz CT molecular complexity index is 672. The summed E-state index contributed by atoms with van der Waals surface area (Å²) in [6, 6.07) is 5.48. The molecule has 6 nitrogen and oxygen atoms in total. The number of carbonyl (C=O) groups excluding carboxylic acids is 1. The largest absolute Gasteiger partial charge is 0.480 e. The first-order valence-corrected chi connectivity index (χ1v) is 9.00. The zero-order valence-electron chi connectivity index (χ0n) is 12.3. The topological polar surface area (TPSA) is 101 Å². The Hall–Kier alpha value is -1.89. The molecule has 1 aromatic carbocycles. The van der Waals surface area contributed by atoms with Gasteiger partial charge in [-0.15, -0.1) is 0 Å². The van der Waals surface area contributed by atoms with Crippen LogP contribution in [0.5, 0.6) is 0 Å². The molecule has 0 atom stereocenters. The van der Waals surface area contributed by atoms with Gasteiger partial charge in [-0.05, 0) is 37.1 Å². The third kappa shape index (κ3) is 3.47. The summed E-state index contributed by atoms with van der Waals surface area (Å²) in [4.78, 5) is 23.9. The van der Waals surface area contributed by atoms with Crippen LogP contribution in [-0.4, -0.2) is 37.2 Å². The second-order valence-corrected chi connectivity index (χ2v) is 7.71. The van der Waals surface area contributed by atoms with Gasteiger partial charge < -0.3 is 10.4 Å². The summed E-state index contributed by atoms with van der Waals surface area (Å²) in [6.45, 7) is 0. The number of hydrogen-bond donors (Lipinski definition) is 2. The molecule has 1 aromatic rings. The van der Waals surface area contributed by atoms with Gasteiger partial charge in [-0.3, -0.25) is 4.79 Å². The molecule has 0 heterocycles. The third-order valence-corrected chi connectivity index (χ3v) is 5.14. The molecule has 2 rings (SSSR count). The SMILES string of the molecule is CS(=O)(=O)c1ccc(C(=O)NC2(C(=O)O)CCCCC2)cc1. The minimum absolute atomic E-state index is 0.120. The highest BCUT2D eigenvalue weighted by atomic mass is 32.2. The minimum atomic E-state index is -3.32. The first-order chi connectivity index (χ1) is 10.2. The standard InChI is InChI=1S/C15H19NO5S/c1-22(20,21)12-7-5-11(6-8-12)13(17)16-15(14(18)19)9-3-2-4-10-15/h5-8H,2-4,9-10H2,1H3,(H,16,17)(H,18,19). The van der Waals surface area contributed by atoms with E-state index in [2.05, 4.69) is 5.32 Å². The second kappa shape index (κ2) is 6.08. The molecule has 0 radical (unpaired) electrons. The van der Waals surface area contributed by atoms with Crippen LogP contribution in [0, 0.1) is 0 Å². The van der Waals surface area contributed by atoms with E-state index >= 15 is 0 Å². The molecule has 1 amide bonds. The van der Waals surface area contributed by atoms with Crippen LogP contribution in [-0.2, 0) is 14.6 Å². The maximum Gasteiger partial charge on any atom is 0.329 e. The Labute approximate surface area is 129 Å². The average molecular weight is 325 g/mol. The van der Waals surface area contributed by atoms with Gasteiger partial charge in [0.25, 0.3) is 5.91 Å². The smallest absolute Gasteiger partial charge is 0.329 e. The lowest BCUT2D eigenvalue weighted by molar-refractivity contribution is -0.145. The summed E-state index contributed by atoms with van der Waals surface area (Å²) in [5, 5.41) is 12.1. The molecule has 2 N–H and O–H groups in total. The molecule has 0 unspecified atom stereocenters. The maximum absolute atomic E-state index is 12.3. The number of benzene rings is 1. The van der Waals surface area contributed by atoms with E-state index in [1.807, 2.05) is 0 Å². The lowest BCUT2D eigenvalue weighted by atomic mass is 9.81. The maximum atomic E-state index is 12.3. The molecule has 120 valence electrons. The normalized spacial score (nSPS) is 17.7. The molecule has 1 aliphatic carbocycles. The monoisotopic (exact) mass is 325 g/mol. The van der Waals surface area contributed by atoms with Crippen molar-refractivity contribution in [3.63, 3.8) is 0 Å². The molecule has 1 aliphatic rings. The molecule has 1 fully saturated rings. The summed E-state index contributed by atoms with van der Waals surface area (Å²) < 4.78 is 22.8. The molecular weight excluding hydrogens is 306 g/mol. The first kappa shape index (κ1) is 16.5. The number of sulfone groups is 1. The molecule has 1 saturated carbocycles. The minimum Gasteiger partial charge on any atom is -0.480 e. The lowest BCUT2D eigenvalue weighted by Crippen LogP contribution is -2.55. The molecule has 7 heteroatoms. The fourth-order valence-electron chi connectivity index (χ4n) is 2.69. The van der Waals surface area contributed by atoms with Crippen molar-refractivity contribution in [1.29, 1.82) is 0 Å². The van der Waals surface area contributed by atoms with E-state index in [1.165, 1.54) is 24.3 Å². The summed E-state index contributed by atoms with van der Waals surface area (Å²) >= 11 is 0. The van der Waals surface area contributed by atoms with Gasteiger partial charge in [-0.25, -0.2) is 13.2 Å². The van der Waals surface area contributed by atoms with Gasteiger partial charge in [0.1, 0.15) is 5.54 Å². The van der Waals surface area contributed by atoms with Crippen LogP contribution in [0.25, 0.3) is 0 Å². The Morgan fingerprint density at radius 1 is 1.09 bits per heavy atom. The number of nitrogens with one attached hydrogen (secondary N) is 1. The summed E-state index contributed by atoms with van der Waals surface area (Å²) in [5.41, 5.74) is -0.969. The lowest BCUT2D eigenvalue weighted by Gasteiger charge is -2.34. The number of amides is 1. The molecule has 22 heavy (non-hydrogen) atoms. The van der Waals surface area contributed by atoms with E-state index in [0.29, 0.717) is 12.8 Å². The molecule has 0 aliphatic heterocycles. The Kier molecular flexibility index (Phi) is 4.55. The van der Waals surface area contributed by atoms with Crippen molar-refractivity contribution in [3.05, 3.63) is 29.8 Å². The van der Waals surface area contributed by atoms with Crippen molar-refractivity contribution in [1.82, 2.24) is 5.32 Å². The molecule has 0 saturated heterocycles. The van der Waals surface area contributed by atoms with Crippen LogP contribution >= 0.6 is 0 Å². The fraction of sp³-hybridized carbons (Fsp3) is 0.467. The summed E-state index contributed by atoms with van der Waals surface area (Å²) in [7, 11) is -3.32. The van der Waals surface area contributed by atoms with E-state index in [-0.39, 0.29) is 10.5 Å². The Morgan fingerprint density at radius 3 is 2.09 bits per heavy atom. The fourth-order valence-corrected chi connectivity index (χ4v) is 3.32. The van der Waals surface area contributed by atoms with Crippen LogP contribution in [0.1, 0.15) is 42.5 Å². The zero-order chi connectivity index (χ0) is 16.4. The number of carbonyl (C=O) groups is 2. The van der Waals surface area contributed by atoms with Crippen molar-refractivity contribution in [2.75, 3.05) is 6.26 Å². The van der Waals surface area contributed by atoms with Crippen molar-refractivity contribution >= 4 is 21.7 Å². The van der Waals surface area contributed by atoms with Gasteiger partial charge in [0.15, 0.2) is 9.84 Å². The highest BCUT2D eigenvalue weighted by Crippen LogP contribution is 2.29. The molecule has 0 aromatic heterocycles. The van der Waals surface area contributed by atoms with Crippen LogP contribution < -0.4 is 5.32 Å². The van der Waals surface area contributed by atoms with Gasteiger partial charge >= 0.3 is 5.97 Å². The third-order valence-electron chi connectivity index (χ3n) is 4.01. The van der Waals surface area contributed by atoms with Gasteiger partial charge in [0.05, 0.1) is 4.90 Å². The van der Waals surface area contributed by atoms with Crippen molar-refractivity contribution < 1.29 is 23.1 Å². The molecule has 0 spiro atoms. The van der Waals surface area contributed by atoms with E-state index < -0.39 is 27.3 Å². The quantitative estimate of drug-likeness (QED) is 0.876. The van der Waals surface area contributed by atoms with E-state index in [4.69, 9.17) is 0 Å². The average Bonchev–Trinajstić information content (AvgIpc) is 2.47. The second-order valence-electron chi connectivity index (χ2n) is 5.70. The van der Waals surface area contributed by atoms with E-state index in [9.17, 15) is 23.1 Å². The van der Waals surface area contributed by atoms with Crippen LogP contribution in [0.2, 0.25) is 0 Å². The highest BCUT2D eigenvalue weighted by Gasteiger charge is 2.41. The number of hydrogen-bond acceptors (Lipinski definition) is 4. The van der Waals surface area contributed by atoms with E-state index in [1.54, 1.807) is 0 Å². The van der Waals surface area contributed by atoms with Gasteiger partial charge in [0, 0.05) is 11.8 Å². The number of aliphatic carboxylic acids is 1. The van der Waals surface area contributed by atoms with Crippen LogP contribution in [0.15, 0.2) is 29.2 Å². The number of carboxylic acid groups (broad SMARTS) is 1. The Balaban J connectivity index is 2.19. The summed E-state index contributed by atoms with van der Waals surface area (Å²) in [5.74, 6) is -1.52. The predicted molar refractivity (Wildman–Crippen MR) is 80.5 cm³/mol. The zero-order valence-corrected chi connectivity index (χ0v) is 13.1. The number of carboxylic acids is 1. The van der Waals surface area contributed by atoms with Gasteiger partial charge in [-0.2, -0.15) is 0 Å². The van der Waals surface area contributed by atoms with Crippen LogP contribution in [0.3, 0.4) is 0 Å². The molecule has 0 bridgehead atoms. The first-order valence-electron chi connectivity index (χ1n) is 7.11. The van der Waals surface area contributed by atoms with Crippen molar-refractivity contribution in [3.8, 4) is 0 Å². The van der Waals surface area contributed by atoms with Gasteiger partial charge in [0.2, 0.25) is 0 Å². The van der Waals surface area contributed by atoms with Gasteiger partial charge in [-0.1, -0.05) is 19.3 Å². The van der Waals surface area contributed by atoms with Crippen molar-refractivity contribution in [2.45, 2.75) is 42.5 Å². The number of rotatable bonds is 4. The van der Waals surface area contributed by atoms with Crippen molar-refractivity contribution in [2.24, 2.45) is 0 Å². The summed E-state index contributed by atoms with van der Waals surface area (Å²) in [6.07, 6.45) is 4.40. The predicted octanol–water partition coefficient (Wildman–Crippen LogP) is 1.61. The van der Waals surface area contributed by atoms with Crippen LogP contribution in [0.4, 0.5) is 0 Å². The van der Waals surface area contributed by atoms with E-state index in [0.717, 1.165) is 25.5 Å². The highest BCUT2D eigenvalue weighted by molar-refractivity contribution is 7.90. The Morgan fingerprint density at radius 2 is 1.64 bits per heavy atom.